The Morgan fingerprint density at radius 3 is 1.86 bits per heavy atom. The van der Waals surface area contributed by atoms with Crippen LogP contribution in [-0.2, 0) is 14.1 Å². The fourth-order valence-corrected chi connectivity index (χ4v) is 8.94. The first-order chi connectivity index (χ1) is 10.1. The van der Waals surface area contributed by atoms with Crippen molar-refractivity contribution >= 4 is 14.2 Å². The number of hydroxylamine groups is 2. The predicted octanol–water partition coefficient (Wildman–Crippen LogP) is 4.53. The van der Waals surface area contributed by atoms with Crippen molar-refractivity contribution in [1.82, 2.24) is 5.06 Å². The van der Waals surface area contributed by atoms with Gasteiger partial charge in [0.1, 0.15) is 0 Å². The zero-order valence-electron chi connectivity index (χ0n) is 15.8. The molecule has 0 heterocycles. The maximum Gasteiger partial charge on any atom is 0.248 e. The highest BCUT2D eigenvalue weighted by Gasteiger charge is 2.46. The Hall–Kier alpha value is -0.653. The van der Waals surface area contributed by atoms with Crippen molar-refractivity contribution in [2.75, 3.05) is 14.2 Å². The first-order valence-corrected chi connectivity index (χ1v) is 10.4. The molecule has 0 fully saturated rings. The largest absolute Gasteiger partial charge is 0.409 e. The van der Waals surface area contributed by atoms with Crippen LogP contribution in [0.2, 0.25) is 16.6 Å². The molecule has 0 aliphatic heterocycles. The van der Waals surface area contributed by atoms with Gasteiger partial charge in [-0.25, -0.2) is 5.06 Å². The minimum Gasteiger partial charge on any atom is -0.409 e. The average Bonchev–Trinajstić information content (AvgIpc) is 2.42. The molecule has 0 aromatic heterocycles. The second-order valence-electron chi connectivity index (χ2n) is 6.78. The van der Waals surface area contributed by atoms with Crippen LogP contribution in [0.5, 0.6) is 0 Å². The molecule has 4 nitrogen and oxygen atoms in total. The number of rotatable bonds is 9. The number of amides is 1. The molecular weight excluding hydrogens is 294 g/mol. The number of hydrogen-bond donors (Lipinski definition) is 0. The van der Waals surface area contributed by atoms with Gasteiger partial charge in [-0.15, -0.1) is 0 Å². The van der Waals surface area contributed by atoms with E-state index in [-0.39, 0.29) is 12.0 Å². The Kier molecular flexibility index (Phi) is 9.20. The lowest BCUT2D eigenvalue weighted by Crippen LogP contribution is -2.50. The third-order valence-corrected chi connectivity index (χ3v) is 10.6. The van der Waals surface area contributed by atoms with Crippen LogP contribution in [0.3, 0.4) is 0 Å². The molecule has 1 atom stereocenters. The molecule has 5 heteroatoms. The first kappa shape index (κ1) is 21.3. The number of allylic oxidation sites excluding steroid dienone is 1. The summed E-state index contributed by atoms with van der Waals surface area (Å²) < 4.78 is 6.68. The van der Waals surface area contributed by atoms with E-state index in [4.69, 9.17) is 9.26 Å². The van der Waals surface area contributed by atoms with Gasteiger partial charge in [0.15, 0.2) is 0 Å². The minimum atomic E-state index is -2.00. The zero-order chi connectivity index (χ0) is 17.5. The Labute approximate surface area is 137 Å². The van der Waals surface area contributed by atoms with Gasteiger partial charge in [-0.1, -0.05) is 53.7 Å². The summed E-state index contributed by atoms with van der Waals surface area (Å²) in [5.41, 5.74) is 1.49. The van der Waals surface area contributed by atoms with E-state index in [9.17, 15) is 4.79 Å². The summed E-state index contributed by atoms with van der Waals surface area (Å²) in [6.07, 6.45) is 4.09. The Balaban J connectivity index is 5.37. The minimum absolute atomic E-state index is 0.0650. The van der Waals surface area contributed by atoms with Gasteiger partial charge in [-0.3, -0.25) is 9.63 Å². The van der Waals surface area contributed by atoms with Crippen LogP contribution in [0.4, 0.5) is 0 Å². The summed E-state index contributed by atoms with van der Waals surface area (Å²) >= 11 is 0. The molecule has 0 bridgehead atoms. The Morgan fingerprint density at radius 1 is 1.09 bits per heavy atom. The van der Waals surface area contributed by atoms with E-state index in [0.29, 0.717) is 23.0 Å². The lowest BCUT2D eigenvalue weighted by molar-refractivity contribution is -0.170. The summed E-state index contributed by atoms with van der Waals surface area (Å²) in [5, 5.41) is 1.27. The van der Waals surface area contributed by atoms with E-state index in [1.165, 1.54) is 12.2 Å². The van der Waals surface area contributed by atoms with Gasteiger partial charge in [-0.05, 0) is 23.5 Å². The van der Waals surface area contributed by atoms with Crippen LogP contribution in [-0.4, -0.2) is 39.5 Å². The maximum absolute atomic E-state index is 12.2. The molecule has 0 aromatic rings. The quantitative estimate of drug-likeness (QED) is 0.354. The molecule has 0 rings (SSSR count). The van der Waals surface area contributed by atoms with E-state index in [0.717, 1.165) is 0 Å². The highest BCUT2D eigenvalue weighted by atomic mass is 28.4. The second-order valence-corrected chi connectivity index (χ2v) is 12.2. The molecule has 0 aliphatic rings. The second kappa shape index (κ2) is 9.48. The van der Waals surface area contributed by atoms with Crippen molar-refractivity contribution in [3.05, 3.63) is 12.2 Å². The van der Waals surface area contributed by atoms with Crippen LogP contribution >= 0.6 is 0 Å². The lowest BCUT2D eigenvalue weighted by Gasteiger charge is -2.44. The van der Waals surface area contributed by atoms with Crippen LogP contribution in [0.1, 0.15) is 54.9 Å². The van der Waals surface area contributed by atoms with E-state index >= 15 is 0 Å². The first-order valence-electron chi connectivity index (χ1n) is 8.24. The van der Waals surface area contributed by atoms with Crippen LogP contribution < -0.4 is 0 Å². The van der Waals surface area contributed by atoms with Gasteiger partial charge >= 0.3 is 0 Å². The van der Waals surface area contributed by atoms with Crippen molar-refractivity contribution in [2.45, 2.75) is 77.6 Å². The SMILES string of the molecule is C/C=C/[C@@H](CC(=O)N(C)OC)O[Si](C(C)C)(C(C)C)C(C)C. The molecule has 130 valence electrons. The fraction of sp³-hybridized carbons (Fsp3) is 0.824. The Morgan fingerprint density at radius 2 is 1.55 bits per heavy atom. The van der Waals surface area contributed by atoms with E-state index in [1.54, 1.807) is 7.05 Å². The third-order valence-electron chi connectivity index (χ3n) is 4.47. The Bertz CT molecular complexity index is 345. The van der Waals surface area contributed by atoms with Crippen LogP contribution in [0.15, 0.2) is 12.2 Å². The van der Waals surface area contributed by atoms with E-state index in [1.807, 2.05) is 19.1 Å². The molecule has 22 heavy (non-hydrogen) atoms. The monoisotopic (exact) mass is 329 g/mol. The molecule has 0 radical (unpaired) electrons. The summed E-state index contributed by atoms with van der Waals surface area (Å²) in [6.45, 7) is 15.5. The van der Waals surface area contributed by atoms with Gasteiger partial charge in [0, 0.05) is 7.05 Å². The molecule has 0 saturated carbocycles. The van der Waals surface area contributed by atoms with Gasteiger partial charge in [0.2, 0.25) is 14.2 Å². The number of carbonyl (C=O) groups is 1. The summed E-state index contributed by atoms with van der Waals surface area (Å²) in [6, 6.07) is 0. The standard InChI is InChI=1S/C17H35NO3Si/c1-10-11-16(12-17(19)18(8)20-9)21-22(13(2)3,14(4)5)15(6)7/h10-11,13-16H,12H2,1-9H3/b11-10+/t16-/m0/s1. The van der Waals surface area contributed by atoms with Gasteiger partial charge in [-0.2, -0.15) is 0 Å². The molecular formula is C17H35NO3Si. The average molecular weight is 330 g/mol. The van der Waals surface area contributed by atoms with Crippen LogP contribution in [0, 0.1) is 0 Å². The topological polar surface area (TPSA) is 38.8 Å². The highest BCUT2D eigenvalue weighted by Crippen LogP contribution is 2.43. The zero-order valence-corrected chi connectivity index (χ0v) is 16.8. The smallest absolute Gasteiger partial charge is 0.248 e. The number of nitrogens with zero attached hydrogens (tertiary/aromatic N) is 1. The summed E-state index contributed by atoms with van der Waals surface area (Å²) in [4.78, 5) is 17.1. The van der Waals surface area contributed by atoms with Crippen molar-refractivity contribution in [1.29, 1.82) is 0 Å². The lowest BCUT2D eigenvalue weighted by atomic mass is 10.2. The fourth-order valence-electron chi connectivity index (χ4n) is 3.44. The molecule has 0 aromatic carbocycles. The predicted molar refractivity (Wildman–Crippen MR) is 95.1 cm³/mol. The normalized spacial score (nSPS) is 14.4. The molecule has 0 N–H and O–H groups in total. The maximum atomic E-state index is 12.2. The molecule has 0 unspecified atom stereocenters. The van der Waals surface area contributed by atoms with Crippen molar-refractivity contribution in [2.24, 2.45) is 0 Å². The van der Waals surface area contributed by atoms with E-state index < -0.39 is 8.32 Å². The molecule has 0 aliphatic carbocycles. The number of hydrogen-bond acceptors (Lipinski definition) is 3. The highest BCUT2D eigenvalue weighted by molar-refractivity contribution is 6.77. The summed E-state index contributed by atoms with van der Waals surface area (Å²) in [5.74, 6) is -0.0650. The molecule has 0 spiro atoms. The van der Waals surface area contributed by atoms with Gasteiger partial charge in [0.05, 0.1) is 19.6 Å². The van der Waals surface area contributed by atoms with E-state index in [2.05, 4.69) is 41.5 Å². The van der Waals surface area contributed by atoms with Gasteiger partial charge in [0.25, 0.3) is 0 Å². The van der Waals surface area contributed by atoms with Crippen molar-refractivity contribution < 1.29 is 14.1 Å². The number of carbonyl (C=O) groups excluding carboxylic acids is 1. The van der Waals surface area contributed by atoms with Crippen molar-refractivity contribution in [3.8, 4) is 0 Å². The molecule has 0 saturated heterocycles. The summed E-state index contributed by atoms with van der Waals surface area (Å²) in [7, 11) is 1.13. The van der Waals surface area contributed by atoms with Gasteiger partial charge < -0.3 is 4.43 Å². The third kappa shape index (κ3) is 5.21. The molecule has 1 amide bonds. The van der Waals surface area contributed by atoms with Crippen LogP contribution in [0.25, 0.3) is 0 Å². The van der Waals surface area contributed by atoms with Crippen molar-refractivity contribution in [3.63, 3.8) is 0 Å².